The molecule has 0 aromatic carbocycles. The van der Waals surface area contributed by atoms with Crippen LogP contribution in [0.5, 0.6) is 0 Å². The second-order valence-corrected chi connectivity index (χ2v) is 8.24. The van der Waals surface area contributed by atoms with Crippen molar-refractivity contribution in [3.8, 4) is 0 Å². The summed E-state index contributed by atoms with van der Waals surface area (Å²) < 4.78 is 22.4. The summed E-state index contributed by atoms with van der Waals surface area (Å²) in [6.45, 7) is 9.28. The Morgan fingerprint density at radius 1 is 1.38 bits per heavy atom. The van der Waals surface area contributed by atoms with Crippen LogP contribution in [0.2, 0.25) is 0 Å². The zero-order valence-electron chi connectivity index (χ0n) is 13.9. The fourth-order valence-electron chi connectivity index (χ4n) is 1.56. The van der Waals surface area contributed by atoms with Crippen LogP contribution >= 0.6 is 0 Å². The Morgan fingerprint density at radius 2 is 2.00 bits per heavy atom. The van der Waals surface area contributed by atoms with Crippen LogP contribution in [-0.4, -0.2) is 57.2 Å². The Balaban J connectivity index is 4.60. The normalized spacial score (nSPS) is 17.1. The molecule has 0 aliphatic rings. The van der Waals surface area contributed by atoms with Crippen molar-refractivity contribution in [1.29, 1.82) is 0 Å². The second kappa shape index (κ2) is 9.25. The first-order valence-electron chi connectivity index (χ1n) is 7.49. The quantitative estimate of drug-likeness (QED) is 0.431. The van der Waals surface area contributed by atoms with Crippen LogP contribution in [-0.2, 0) is 9.84 Å². The summed E-state index contributed by atoms with van der Waals surface area (Å²) in [4.78, 5) is 4.50. The van der Waals surface area contributed by atoms with E-state index in [2.05, 4.69) is 15.6 Å². The number of aliphatic hydroxyl groups is 1. The van der Waals surface area contributed by atoms with Gasteiger partial charge in [0.2, 0.25) is 0 Å². The molecule has 0 radical (unpaired) electrons. The number of nitrogens with zero attached hydrogens (tertiary/aromatic N) is 1. The minimum atomic E-state index is -2.94. The molecule has 6 nitrogen and oxygen atoms in total. The van der Waals surface area contributed by atoms with Gasteiger partial charge in [0.1, 0.15) is 9.84 Å². The Kier molecular flexibility index (Phi) is 8.89. The predicted molar refractivity (Wildman–Crippen MR) is 88.4 cm³/mol. The van der Waals surface area contributed by atoms with Crippen molar-refractivity contribution in [2.45, 2.75) is 46.6 Å². The number of aliphatic hydroxyl groups excluding tert-OH is 1. The smallest absolute Gasteiger partial charge is 0.191 e. The fraction of sp³-hybridized carbons (Fsp3) is 0.929. The van der Waals surface area contributed by atoms with E-state index in [0.717, 1.165) is 13.0 Å². The Bertz CT molecular complexity index is 417. The number of aliphatic imine (C=N–C) groups is 1. The molecule has 0 aromatic rings. The molecule has 0 aromatic heterocycles. The summed E-state index contributed by atoms with van der Waals surface area (Å²) in [5, 5.41) is 15.8. The lowest BCUT2D eigenvalue weighted by Gasteiger charge is -2.24. The molecule has 0 spiro atoms. The van der Waals surface area contributed by atoms with Crippen molar-refractivity contribution in [1.82, 2.24) is 10.6 Å². The highest BCUT2D eigenvalue weighted by Gasteiger charge is 2.20. The largest absolute Gasteiger partial charge is 0.396 e. The van der Waals surface area contributed by atoms with Gasteiger partial charge in [-0.3, -0.25) is 4.99 Å². The minimum absolute atomic E-state index is 0.0135. The second-order valence-electron chi connectivity index (χ2n) is 5.98. The van der Waals surface area contributed by atoms with E-state index in [4.69, 9.17) is 0 Å². The minimum Gasteiger partial charge on any atom is -0.396 e. The lowest BCUT2D eigenvalue weighted by Crippen LogP contribution is -2.43. The average molecular weight is 321 g/mol. The van der Waals surface area contributed by atoms with Gasteiger partial charge in [-0.05, 0) is 26.7 Å². The maximum absolute atomic E-state index is 11.2. The first-order chi connectivity index (χ1) is 9.65. The van der Waals surface area contributed by atoms with E-state index in [1.807, 2.05) is 27.7 Å². The molecule has 0 heterocycles. The molecule has 0 bridgehead atoms. The third-order valence-corrected chi connectivity index (χ3v) is 4.48. The first kappa shape index (κ1) is 20.2. The van der Waals surface area contributed by atoms with Crippen LogP contribution in [0, 0.1) is 5.41 Å². The number of hydrogen-bond donors (Lipinski definition) is 3. The molecule has 0 saturated heterocycles. The van der Waals surface area contributed by atoms with Crippen molar-refractivity contribution in [2.75, 3.05) is 31.7 Å². The van der Waals surface area contributed by atoms with Crippen molar-refractivity contribution in [3.05, 3.63) is 0 Å². The zero-order valence-corrected chi connectivity index (χ0v) is 14.8. The van der Waals surface area contributed by atoms with Crippen LogP contribution in [0.15, 0.2) is 4.99 Å². The van der Waals surface area contributed by atoms with Crippen molar-refractivity contribution in [2.24, 2.45) is 10.4 Å². The standard InChI is InChI=1S/C14H31N3O3S/c1-6-14(4,11-18)10-16-13(15-7-2)17-12(3)8-9-21(5,19)20/h12,18H,6-11H2,1-5H3,(H2,15,16,17). The number of sulfone groups is 1. The lowest BCUT2D eigenvalue weighted by molar-refractivity contribution is 0.145. The average Bonchev–Trinajstić information content (AvgIpc) is 2.42. The van der Waals surface area contributed by atoms with Gasteiger partial charge in [0.15, 0.2) is 5.96 Å². The summed E-state index contributed by atoms with van der Waals surface area (Å²) in [6, 6.07) is 0.0135. The van der Waals surface area contributed by atoms with Gasteiger partial charge in [-0.15, -0.1) is 0 Å². The molecule has 126 valence electrons. The fourth-order valence-corrected chi connectivity index (χ4v) is 2.34. The first-order valence-corrected chi connectivity index (χ1v) is 9.55. The van der Waals surface area contributed by atoms with Crippen LogP contribution in [0.4, 0.5) is 0 Å². The summed E-state index contributed by atoms with van der Waals surface area (Å²) in [7, 11) is -2.94. The maximum Gasteiger partial charge on any atom is 0.191 e. The molecule has 0 aliphatic heterocycles. The SMILES string of the molecule is CCNC(=NCC(C)(CC)CO)NC(C)CCS(C)(=O)=O. The number of nitrogens with one attached hydrogen (secondary N) is 2. The molecule has 3 N–H and O–H groups in total. The number of guanidine groups is 1. The molecule has 2 unspecified atom stereocenters. The molecule has 7 heteroatoms. The van der Waals surface area contributed by atoms with Crippen LogP contribution in [0.25, 0.3) is 0 Å². The van der Waals surface area contributed by atoms with E-state index < -0.39 is 9.84 Å². The topological polar surface area (TPSA) is 90.8 Å². The van der Waals surface area contributed by atoms with E-state index in [9.17, 15) is 13.5 Å². The van der Waals surface area contributed by atoms with Gasteiger partial charge in [0.05, 0.1) is 18.9 Å². The lowest BCUT2D eigenvalue weighted by atomic mass is 9.89. The highest BCUT2D eigenvalue weighted by atomic mass is 32.2. The molecule has 21 heavy (non-hydrogen) atoms. The molecular weight excluding hydrogens is 290 g/mol. The molecule has 2 atom stereocenters. The van der Waals surface area contributed by atoms with Gasteiger partial charge in [-0.2, -0.15) is 0 Å². The van der Waals surface area contributed by atoms with E-state index in [1.54, 1.807) is 0 Å². The van der Waals surface area contributed by atoms with E-state index in [1.165, 1.54) is 6.26 Å². The van der Waals surface area contributed by atoms with Gasteiger partial charge in [0, 0.05) is 24.3 Å². The van der Waals surface area contributed by atoms with Gasteiger partial charge < -0.3 is 15.7 Å². The van der Waals surface area contributed by atoms with Gasteiger partial charge in [-0.1, -0.05) is 13.8 Å². The molecule has 0 fully saturated rings. The monoisotopic (exact) mass is 321 g/mol. The summed E-state index contributed by atoms with van der Waals surface area (Å²) >= 11 is 0. The molecule has 0 aliphatic carbocycles. The highest BCUT2D eigenvalue weighted by Crippen LogP contribution is 2.19. The molecule has 0 saturated carbocycles. The Hall–Kier alpha value is -0.820. The number of hydrogen-bond acceptors (Lipinski definition) is 4. The van der Waals surface area contributed by atoms with Crippen LogP contribution in [0.1, 0.15) is 40.5 Å². The Labute approximate surface area is 129 Å². The highest BCUT2D eigenvalue weighted by molar-refractivity contribution is 7.90. The van der Waals surface area contributed by atoms with Crippen LogP contribution in [0.3, 0.4) is 0 Å². The van der Waals surface area contributed by atoms with E-state index in [-0.39, 0.29) is 23.8 Å². The predicted octanol–water partition coefficient (Wildman–Crippen LogP) is 0.773. The zero-order chi connectivity index (χ0) is 16.5. The van der Waals surface area contributed by atoms with Gasteiger partial charge >= 0.3 is 0 Å². The van der Waals surface area contributed by atoms with E-state index in [0.29, 0.717) is 18.9 Å². The third kappa shape index (κ3) is 9.68. The van der Waals surface area contributed by atoms with Crippen molar-refractivity contribution < 1.29 is 13.5 Å². The maximum atomic E-state index is 11.2. The van der Waals surface area contributed by atoms with Gasteiger partial charge in [-0.25, -0.2) is 8.42 Å². The summed E-state index contributed by atoms with van der Waals surface area (Å²) in [5.74, 6) is 0.816. The summed E-state index contributed by atoms with van der Waals surface area (Å²) in [6.07, 6.45) is 2.62. The summed E-state index contributed by atoms with van der Waals surface area (Å²) in [5.41, 5.74) is -0.224. The van der Waals surface area contributed by atoms with E-state index >= 15 is 0 Å². The van der Waals surface area contributed by atoms with Crippen molar-refractivity contribution in [3.63, 3.8) is 0 Å². The molecule has 0 amide bonds. The molecule has 0 rings (SSSR count). The van der Waals surface area contributed by atoms with Crippen LogP contribution < -0.4 is 10.6 Å². The number of rotatable bonds is 9. The van der Waals surface area contributed by atoms with Gasteiger partial charge in [0.25, 0.3) is 0 Å². The molecular formula is C14H31N3O3S. The Morgan fingerprint density at radius 3 is 2.43 bits per heavy atom. The third-order valence-electron chi connectivity index (χ3n) is 3.50. The van der Waals surface area contributed by atoms with Crippen molar-refractivity contribution >= 4 is 15.8 Å².